The van der Waals surface area contributed by atoms with Gasteiger partial charge in [0.2, 0.25) is 10.0 Å². The molecule has 0 aliphatic heterocycles. The molecule has 11 heteroatoms. The molecule has 0 bridgehead atoms. The van der Waals surface area contributed by atoms with Crippen molar-refractivity contribution in [3.8, 4) is 5.75 Å². The maximum absolute atomic E-state index is 13.4. The van der Waals surface area contributed by atoms with Gasteiger partial charge in [0.1, 0.15) is 17.3 Å². The van der Waals surface area contributed by atoms with E-state index < -0.39 is 15.9 Å². The van der Waals surface area contributed by atoms with Crippen molar-refractivity contribution in [1.82, 2.24) is 9.73 Å². The molecule has 0 aliphatic carbocycles. The summed E-state index contributed by atoms with van der Waals surface area (Å²) in [6.45, 7) is 0.0792. The number of sulfonamides is 1. The number of hydrogen-bond donors (Lipinski definition) is 1. The van der Waals surface area contributed by atoms with Crippen LogP contribution in [-0.4, -0.2) is 32.0 Å². The number of rotatable bonds is 10. The summed E-state index contributed by atoms with van der Waals surface area (Å²) in [6.07, 6.45) is 1.31. The minimum absolute atomic E-state index is 0.0280. The Hall–Kier alpha value is -3.63. The Bertz CT molecular complexity index is 1540. The zero-order chi connectivity index (χ0) is 27.1. The molecule has 1 N–H and O–H groups in total. The van der Waals surface area contributed by atoms with Crippen molar-refractivity contribution in [3.05, 3.63) is 118 Å². The van der Waals surface area contributed by atoms with Crippen molar-refractivity contribution < 1.29 is 22.4 Å². The molecule has 4 aromatic rings. The van der Waals surface area contributed by atoms with E-state index >= 15 is 0 Å². The second-order valence-electron chi connectivity index (χ2n) is 8.06. The topological polar surface area (TPSA) is 101 Å². The van der Waals surface area contributed by atoms with Crippen LogP contribution in [0.25, 0.3) is 0 Å². The normalized spacial score (nSPS) is 11.7. The van der Waals surface area contributed by atoms with Crippen molar-refractivity contribution in [2.24, 2.45) is 5.10 Å². The van der Waals surface area contributed by atoms with Crippen LogP contribution in [0.3, 0.4) is 0 Å². The highest BCUT2D eigenvalue weighted by atomic mass is 35.5. The minimum Gasteiger partial charge on any atom is -0.496 e. The minimum atomic E-state index is -3.84. The van der Waals surface area contributed by atoms with Gasteiger partial charge < -0.3 is 9.15 Å². The Labute approximate surface area is 230 Å². The first-order valence-electron chi connectivity index (χ1n) is 11.3. The molecule has 196 valence electrons. The number of nitrogens with one attached hydrogen (secondary N) is 1. The van der Waals surface area contributed by atoms with Crippen molar-refractivity contribution in [2.45, 2.75) is 18.0 Å². The first kappa shape index (κ1) is 27.4. The molecule has 1 amide bonds. The Morgan fingerprint density at radius 2 is 1.68 bits per heavy atom. The zero-order valence-electron chi connectivity index (χ0n) is 20.2. The molecule has 0 spiro atoms. The molecule has 0 saturated heterocycles. The number of hydrogen-bond acceptors (Lipinski definition) is 6. The van der Waals surface area contributed by atoms with E-state index in [-0.39, 0.29) is 23.5 Å². The smallest absolute Gasteiger partial charge is 0.275 e. The molecular formula is C27H23Cl2N3O5S. The fourth-order valence-electron chi connectivity index (χ4n) is 3.56. The van der Waals surface area contributed by atoms with Crippen molar-refractivity contribution >= 4 is 45.3 Å². The van der Waals surface area contributed by atoms with Gasteiger partial charge in [-0.15, -0.1) is 0 Å². The number of carbonyl (C=O) groups excluding carboxylic acids is 1. The van der Waals surface area contributed by atoms with Gasteiger partial charge in [0.15, 0.2) is 0 Å². The van der Waals surface area contributed by atoms with E-state index in [1.54, 1.807) is 78.9 Å². The molecule has 0 saturated carbocycles. The standard InChI is InChI=1S/C27H23Cl2N3O5S/c1-36-26-14-11-21(29)15-25(26)27(33)31-30-16-22-12-13-23(37-22)18-32(17-19-7-9-20(28)10-8-19)38(34,35)24-5-3-2-4-6-24/h2-16H,17-18H2,1H3,(H,31,33)/b30-16-. The van der Waals surface area contributed by atoms with E-state index in [9.17, 15) is 13.2 Å². The summed E-state index contributed by atoms with van der Waals surface area (Å²) in [6, 6.07) is 23.1. The summed E-state index contributed by atoms with van der Waals surface area (Å²) in [5.41, 5.74) is 3.39. The maximum atomic E-state index is 13.4. The van der Waals surface area contributed by atoms with Gasteiger partial charge >= 0.3 is 0 Å². The van der Waals surface area contributed by atoms with Crippen LogP contribution in [0.5, 0.6) is 5.75 Å². The lowest BCUT2D eigenvalue weighted by Gasteiger charge is -2.21. The molecule has 0 atom stereocenters. The second-order valence-corrected chi connectivity index (χ2v) is 10.9. The van der Waals surface area contributed by atoms with Gasteiger partial charge in [-0.2, -0.15) is 9.41 Å². The number of methoxy groups -OCH3 is 1. The van der Waals surface area contributed by atoms with Gasteiger partial charge in [-0.05, 0) is 60.2 Å². The van der Waals surface area contributed by atoms with E-state index in [1.165, 1.54) is 23.7 Å². The van der Waals surface area contributed by atoms with E-state index in [0.29, 0.717) is 27.3 Å². The zero-order valence-corrected chi connectivity index (χ0v) is 22.5. The Balaban J connectivity index is 1.50. The first-order chi connectivity index (χ1) is 18.3. The predicted molar refractivity (Wildman–Crippen MR) is 146 cm³/mol. The number of nitrogens with zero attached hydrogens (tertiary/aromatic N) is 2. The lowest BCUT2D eigenvalue weighted by atomic mass is 10.2. The Morgan fingerprint density at radius 1 is 0.974 bits per heavy atom. The molecule has 8 nitrogen and oxygen atoms in total. The average molecular weight is 572 g/mol. The second kappa shape index (κ2) is 12.3. The summed E-state index contributed by atoms with van der Waals surface area (Å²) < 4.78 is 39.2. The molecule has 38 heavy (non-hydrogen) atoms. The fraction of sp³-hybridized carbons (Fsp3) is 0.111. The molecule has 3 aromatic carbocycles. The van der Waals surface area contributed by atoms with Crippen LogP contribution in [0.15, 0.2) is 99.3 Å². The largest absolute Gasteiger partial charge is 0.496 e. The highest BCUT2D eigenvalue weighted by Crippen LogP contribution is 2.24. The third-order valence-corrected chi connectivity index (χ3v) is 7.72. The summed E-state index contributed by atoms with van der Waals surface area (Å²) in [4.78, 5) is 12.6. The monoisotopic (exact) mass is 571 g/mol. The highest BCUT2D eigenvalue weighted by molar-refractivity contribution is 7.89. The number of ether oxygens (including phenoxy) is 1. The maximum Gasteiger partial charge on any atom is 0.275 e. The molecule has 0 unspecified atom stereocenters. The van der Waals surface area contributed by atoms with Crippen LogP contribution in [-0.2, 0) is 23.1 Å². The Morgan fingerprint density at radius 3 is 2.39 bits per heavy atom. The highest BCUT2D eigenvalue weighted by Gasteiger charge is 2.26. The summed E-state index contributed by atoms with van der Waals surface area (Å²) in [5.74, 6) is 0.544. The van der Waals surface area contributed by atoms with E-state index in [4.69, 9.17) is 32.4 Å². The fourth-order valence-corrected chi connectivity index (χ4v) is 5.27. The molecule has 0 radical (unpaired) electrons. The van der Waals surface area contributed by atoms with Crippen molar-refractivity contribution in [2.75, 3.05) is 7.11 Å². The SMILES string of the molecule is COc1ccc(Cl)cc1C(=O)N/N=C\c1ccc(CN(Cc2ccc(Cl)cc2)S(=O)(=O)c2ccccc2)o1. The quantitative estimate of drug-likeness (QED) is 0.193. The summed E-state index contributed by atoms with van der Waals surface area (Å²) in [7, 11) is -2.39. The van der Waals surface area contributed by atoms with Gasteiger partial charge in [-0.25, -0.2) is 13.8 Å². The number of furan rings is 1. The van der Waals surface area contributed by atoms with Crippen LogP contribution in [0.4, 0.5) is 0 Å². The summed E-state index contributed by atoms with van der Waals surface area (Å²) >= 11 is 12.0. The van der Waals surface area contributed by atoms with Crippen LogP contribution in [0, 0.1) is 0 Å². The molecular weight excluding hydrogens is 549 g/mol. The average Bonchev–Trinajstić information content (AvgIpc) is 3.37. The van der Waals surface area contributed by atoms with Gasteiger partial charge in [0.25, 0.3) is 5.91 Å². The van der Waals surface area contributed by atoms with Gasteiger partial charge in [0.05, 0.1) is 30.3 Å². The van der Waals surface area contributed by atoms with Gasteiger partial charge in [-0.1, -0.05) is 53.5 Å². The van der Waals surface area contributed by atoms with Gasteiger partial charge in [0, 0.05) is 16.6 Å². The lowest BCUT2D eigenvalue weighted by molar-refractivity contribution is 0.0952. The van der Waals surface area contributed by atoms with Crippen LogP contribution < -0.4 is 10.2 Å². The number of amides is 1. The van der Waals surface area contributed by atoms with Gasteiger partial charge in [-0.3, -0.25) is 4.79 Å². The van der Waals surface area contributed by atoms with E-state index in [0.717, 1.165) is 5.56 Å². The van der Waals surface area contributed by atoms with E-state index in [2.05, 4.69) is 10.5 Å². The number of hydrazone groups is 1. The van der Waals surface area contributed by atoms with Crippen LogP contribution in [0.1, 0.15) is 27.4 Å². The lowest BCUT2D eigenvalue weighted by Crippen LogP contribution is -2.30. The van der Waals surface area contributed by atoms with Crippen molar-refractivity contribution in [3.63, 3.8) is 0 Å². The summed E-state index contributed by atoms with van der Waals surface area (Å²) in [5, 5.41) is 4.86. The molecule has 0 aliphatic rings. The molecule has 0 fully saturated rings. The number of carbonyl (C=O) groups is 1. The third kappa shape index (κ3) is 6.81. The third-order valence-electron chi connectivity index (χ3n) is 5.43. The van der Waals surface area contributed by atoms with Crippen LogP contribution >= 0.6 is 23.2 Å². The first-order valence-corrected chi connectivity index (χ1v) is 13.5. The Kier molecular flexibility index (Phi) is 8.85. The van der Waals surface area contributed by atoms with E-state index in [1.807, 2.05) is 0 Å². The van der Waals surface area contributed by atoms with Crippen molar-refractivity contribution in [1.29, 1.82) is 0 Å². The molecule has 4 rings (SSSR count). The predicted octanol–water partition coefficient (Wildman–Crippen LogP) is 5.75. The number of halogens is 2. The number of benzene rings is 3. The molecule has 1 aromatic heterocycles. The van der Waals surface area contributed by atoms with Crippen LogP contribution in [0.2, 0.25) is 10.0 Å². The molecule has 1 heterocycles.